The number of aromatic nitrogens is 2. The first-order chi connectivity index (χ1) is 13.2. The Morgan fingerprint density at radius 2 is 1.67 bits per heavy atom. The standard InChI is InChI=1S/C24H22N2O/c1-3-9-23-25-21-12-7-8-13-22(27)24(21)26(23)19-14-15-20(17(2)16-19)18-10-5-4-6-11-18/h4-8,10-16H,3,9H2,1-2H3. The van der Waals surface area contributed by atoms with Crippen molar-refractivity contribution in [1.82, 2.24) is 9.55 Å². The molecule has 0 aliphatic heterocycles. The molecule has 1 aromatic heterocycles. The maximum atomic E-state index is 12.7. The van der Waals surface area contributed by atoms with Crippen LogP contribution < -0.4 is 5.43 Å². The van der Waals surface area contributed by atoms with E-state index in [0.29, 0.717) is 5.52 Å². The quantitative estimate of drug-likeness (QED) is 0.497. The summed E-state index contributed by atoms with van der Waals surface area (Å²) >= 11 is 0. The second-order valence-corrected chi connectivity index (χ2v) is 6.80. The molecule has 0 spiro atoms. The molecule has 0 saturated carbocycles. The molecule has 0 unspecified atom stereocenters. The van der Waals surface area contributed by atoms with E-state index >= 15 is 0 Å². The molecule has 27 heavy (non-hydrogen) atoms. The highest BCUT2D eigenvalue weighted by Crippen LogP contribution is 2.27. The fourth-order valence-corrected chi connectivity index (χ4v) is 3.60. The number of benzene rings is 2. The lowest BCUT2D eigenvalue weighted by molar-refractivity contribution is 0.817. The summed E-state index contributed by atoms with van der Waals surface area (Å²) in [6.07, 6.45) is 1.81. The highest BCUT2D eigenvalue weighted by atomic mass is 16.1. The molecule has 0 atom stereocenters. The number of imidazole rings is 1. The summed E-state index contributed by atoms with van der Waals surface area (Å²) in [5, 5.41) is 0. The van der Waals surface area contributed by atoms with Gasteiger partial charge in [-0.15, -0.1) is 0 Å². The summed E-state index contributed by atoms with van der Waals surface area (Å²) in [5.74, 6) is 0.933. The van der Waals surface area contributed by atoms with Crippen LogP contribution in [0.25, 0.3) is 27.8 Å². The van der Waals surface area contributed by atoms with Crippen molar-refractivity contribution in [2.75, 3.05) is 0 Å². The van der Waals surface area contributed by atoms with Gasteiger partial charge in [0.2, 0.25) is 5.43 Å². The maximum absolute atomic E-state index is 12.7. The van der Waals surface area contributed by atoms with E-state index < -0.39 is 0 Å². The number of hydrogen-bond acceptors (Lipinski definition) is 2. The molecule has 3 aromatic carbocycles. The van der Waals surface area contributed by atoms with Gasteiger partial charge in [-0.3, -0.25) is 9.36 Å². The molecular weight excluding hydrogens is 332 g/mol. The van der Waals surface area contributed by atoms with Gasteiger partial charge >= 0.3 is 0 Å². The first kappa shape index (κ1) is 17.2. The van der Waals surface area contributed by atoms with Gasteiger partial charge < -0.3 is 0 Å². The molecule has 4 aromatic rings. The summed E-state index contributed by atoms with van der Waals surface area (Å²) in [5.41, 5.74) is 5.95. The molecule has 0 fully saturated rings. The lowest BCUT2D eigenvalue weighted by Gasteiger charge is -2.12. The second-order valence-electron chi connectivity index (χ2n) is 6.80. The summed E-state index contributed by atoms with van der Waals surface area (Å²) < 4.78 is 2.03. The number of hydrogen-bond donors (Lipinski definition) is 0. The fraction of sp³-hybridized carbons (Fsp3) is 0.167. The van der Waals surface area contributed by atoms with Gasteiger partial charge in [-0.2, -0.15) is 0 Å². The smallest absolute Gasteiger partial charge is 0.204 e. The number of fused-ring (bicyclic) bond motifs is 1. The molecule has 3 nitrogen and oxygen atoms in total. The molecule has 0 aliphatic rings. The third-order valence-electron chi connectivity index (χ3n) is 4.85. The molecule has 0 saturated heterocycles. The van der Waals surface area contributed by atoms with E-state index in [2.05, 4.69) is 56.3 Å². The Morgan fingerprint density at radius 1 is 0.926 bits per heavy atom. The van der Waals surface area contributed by atoms with Crippen LogP contribution in [0.3, 0.4) is 0 Å². The van der Waals surface area contributed by atoms with Crippen LogP contribution in [0.15, 0.2) is 77.6 Å². The van der Waals surface area contributed by atoms with Crippen LogP contribution in [0.2, 0.25) is 0 Å². The van der Waals surface area contributed by atoms with Gasteiger partial charge in [0.05, 0.1) is 5.52 Å². The first-order valence-electron chi connectivity index (χ1n) is 9.36. The summed E-state index contributed by atoms with van der Waals surface area (Å²) in [6, 6.07) is 23.9. The van der Waals surface area contributed by atoms with E-state index in [0.717, 1.165) is 29.9 Å². The average Bonchev–Trinajstić information content (AvgIpc) is 2.94. The van der Waals surface area contributed by atoms with Gasteiger partial charge in [-0.05, 0) is 54.3 Å². The first-order valence-corrected chi connectivity index (χ1v) is 9.36. The predicted molar refractivity (Wildman–Crippen MR) is 112 cm³/mol. The van der Waals surface area contributed by atoms with E-state index in [1.807, 2.05) is 22.8 Å². The topological polar surface area (TPSA) is 34.9 Å². The van der Waals surface area contributed by atoms with Crippen molar-refractivity contribution in [3.05, 3.63) is 94.4 Å². The third kappa shape index (κ3) is 3.17. The zero-order valence-corrected chi connectivity index (χ0v) is 15.6. The third-order valence-corrected chi connectivity index (χ3v) is 4.85. The summed E-state index contributed by atoms with van der Waals surface area (Å²) in [6.45, 7) is 4.24. The lowest BCUT2D eigenvalue weighted by Crippen LogP contribution is -2.07. The van der Waals surface area contributed by atoms with Crippen molar-refractivity contribution in [2.24, 2.45) is 0 Å². The Hall–Kier alpha value is -3.20. The van der Waals surface area contributed by atoms with Crippen LogP contribution in [0.5, 0.6) is 0 Å². The SMILES string of the molecule is CCCc1nc2ccccc(=O)c2n1-c1ccc(-c2ccccc2)c(C)c1. The normalized spacial score (nSPS) is 11.0. The van der Waals surface area contributed by atoms with Crippen molar-refractivity contribution >= 4 is 11.0 Å². The monoisotopic (exact) mass is 354 g/mol. The van der Waals surface area contributed by atoms with Crippen molar-refractivity contribution in [2.45, 2.75) is 26.7 Å². The Bertz CT molecular complexity index is 1160. The minimum atomic E-state index is -0.00496. The van der Waals surface area contributed by atoms with Gasteiger partial charge in [-0.1, -0.05) is 55.5 Å². The van der Waals surface area contributed by atoms with Crippen LogP contribution in [0.4, 0.5) is 0 Å². The van der Waals surface area contributed by atoms with Gasteiger partial charge in [0.1, 0.15) is 11.3 Å². The van der Waals surface area contributed by atoms with Crippen molar-refractivity contribution in [3.63, 3.8) is 0 Å². The highest BCUT2D eigenvalue weighted by Gasteiger charge is 2.14. The molecule has 4 rings (SSSR count). The minimum absolute atomic E-state index is 0.00496. The summed E-state index contributed by atoms with van der Waals surface area (Å²) in [4.78, 5) is 17.5. The van der Waals surface area contributed by atoms with Gasteiger partial charge in [-0.25, -0.2) is 4.98 Å². The van der Waals surface area contributed by atoms with Crippen molar-refractivity contribution in [1.29, 1.82) is 0 Å². The lowest BCUT2D eigenvalue weighted by atomic mass is 10.00. The molecule has 0 bridgehead atoms. The van der Waals surface area contributed by atoms with Crippen molar-refractivity contribution in [3.8, 4) is 16.8 Å². The average molecular weight is 354 g/mol. The molecule has 134 valence electrons. The van der Waals surface area contributed by atoms with E-state index in [-0.39, 0.29) is 5.43 Å². The van der Waals surface area contributed by atoms with E-state index in [1.54, 1.807) is 12.1 Å². The number of nitrogens with zero attached hydrogens (tertiary/aromatic N) is 2. The largest absolute Gasteiger partial charge is 0.293 e. The zero-order valence-electron chi connectivity index (χ0n) is 15.6. The van der Waals surface area contributed by atoms with E-state index in [9.17, 15) is 4.79 Å². The Labute approximate surface area is 158 Å². The molecule has 0 amide bonds. The Balaban J connectivity index is 1.95. The van der Waals surface area contributed by atoms with Crippen molar-refractivity contribution < 1.29 is 0 Å². The number of rotatable bonds is 4. The molecule has 0 radical (unpaired) electrons. The second kappa shape index (κ2) is 7.20. The number of aryl methyl sites for hydroxylation is 2. The van der Waals surface area contributed by atoms with Gasteiger partial charge in [0.15, 0.2) is 0 Å². The van der Waals surface area contributed by atoms with E-state index in [4.69, 9.17) is 4.98 Å². The van der Waals surface area contributed by atoms with Gasteiger partial charge in [0.25, 0.3) is 0 Å². The molecule has 1 heterocycles. The molecular formula is C24H22N2O. The molecule has 3 heteroatoms. The fourth-order valence-electron chi connectivity index (χ4n) is 3.60. The van der Waals surface area contributed by atoms with E-state index in [1.165, 1.54) is 16.7 Å². The highest BCUT2D eigenvalue weighted by molar-refractivity contribution is 5.78. The molecule has 0 aliphatic carbocycles. The molecule has 0 N–H and O–H groups in total. The zero-order chi connectivity index (χ0) is 18.8. The Morgan fingerprint density at radius 3 is 2.41 bits per heavy atom. The van der Waals surface area contributed by atoms with Crippen LogP contribution in [-0.2, 0) is 6.42 Å². The predicted octanol–water partition coefficient (Wildman–Crippen LogP) is 5.31. The van der Waals surface area contributed by atoms with Crippen LogP contribution in [-0.4, -0.2) is 9.55 Å². The van der Waals surface area contributed by atoms with Crippen LogP contribution >= 0.6 is 0 Å². The minimum Gasteiger partial charge on any atom is -0.293 e. The maximum Gasteiger partial charge on any atom is 0.204 e. The van der Waals surface area contributed by atoms with Crippen LogP contribution in [0.1, 0.15) is 24.7 Å². The Kier molecular flexibility index (Phi) is 4.59. The summed E-state index contributed by atoms with van der Waals surface area (Å²) in [7, 11) is 0. The van der Waals surface area contributed by atoms with Crippen LogP contribution in [0, 0.1) is 6.92 Å². The van der Waals surface area contributed by atoms with Gasteiger partial charge in [0, 0.05) is 12.1 Å².